The van der Waals surface area contributed by atoms with E-state index in [9.17, 15) is 9.59 Å². The number of carbonyl (C=O) groups is 2. The third kappa shape index (κ3) is 3.95. The first-order valence-corrected chi connectivity index (χ1v) is 6.35. The van der Waals surface area contributed by atoms with Gasteiger partial charge in [0.05, 0.1) is 0 Å². The van der Waals surface area contributed by atoms with Crippen molar-refractivity contribution in [3.63, 3.8) is 0 Å². The molecule has 0 spiro atoms. The van der Waals surface area contributed by atoms with E-state index in [2.05, 4.69) is 10.6 Å². The van der Waals surface area contributed by atoms with Crippen molar-refractivity contribution in [3.05, 3.63) is 65.7 Å². The standard InChI is InChI=1S/C16H16N2O2/c1-12(19)17-11-13-7-9-14(10-8-13)16(20)18-15-5-3-2-4-6-15/h2-10H,11H2,1H3,(H,17,19)(H,18,20). The third-order valence-corrected chi connectivity index (χ3v) is 2.79. The zero-order valence-corrected chi connectivity index (χ0v) is 11.2. The van der Waals surface area contributed by atoms with Crippen LogP contribution in [0.2, 0.25) is 0 Å². The van der Waals surface area contributed by atoms with Gasteiger partial charge < -0.3 is 10.6 Å². The van der Waals surface area contributed by atoms with Crippen LogP contribution >= 0.6 is 0 Å². The summed E-state index contributed by atoms with van der Waals surface area (Å²) in [5.74, 6) is -0.224. The van der Waals surface area contributed by atoms with Crippen molar-refractivity contribution in [2.24, 2.45) is 0 Å². The summed E-state index contributed by atoms with van der Waals surface area (Å²) in [6, 6.07) is 16.5. The second-order valence-electron chi connectivity index (χ2n) is 4.43. The lowest BCUT2D eigenvalue weighted by molar-refractivity contribution is -0.119. The van der Waals surface area contributed by atoms with Gasteiger partial charge in [-0.15, -0.1) is 0 Å². The summed E-state index contributed by atoms with van der Waals surface area (Å²) in [5.41, 5.74) is 2.30. The summed E-state index contributed by atoms with van der Waals surface area (Å²) in [7, 11) is 0. The SMILES string of the molecule is CC(=O)NCc1ccc(C(=O)Nc2ccccc2)cc1. The number of amides is 2. The van der Waals surface area contributed by atoms with Gasteiger partial charge in [0, 0.05) is 24.7 Å². The van der Waals surface area contributed by atoms with Gasteiger partial charge in [0.1, 0.15) is 0 Å². The maximum atomic E-state index is 12.0. The van der Waals surface area contributed by atoms with Gasteiger partial charge in [0.2, 0.25) is 5.91 Å². The Hall–Kier alpha value is -2.62. The summed E-state index contributed by atoms with van der Waals surface area (Å²) in [6.07, 6.45) is 0. The molecule has 0 saturated heterocycles. The minimum atomic E-state index is -0.151. The molecule has 0 aliphatic rings. The second kappa shape index (κ2) is 6.52. The summed E-state index contributed by atoms with van der Waals surface area (Å²) in [6.45, 7) is 1.94. The van der Waals surface area contributed by atoms with Gasteiger partial charge in [-0.05, 0) is 29.8 Å². The monoisotopic (exact) mass is 268 g/mol. The molecule has 2 aromatic carbocycles. The Balaban J connectivity index is 1.99. The second-order valence-corrected chi connectivity index (χ2v) is 4.43. The Morgan fingerprint density at radius 1 is 0.950 bits per heavy atom. The van der Waals surface area contributed by atoms with E-state index in [-0.39, 0.29) is 11.8 Å². The molecule has 20 heavy (non-hydrogen) atoms. The lowest BCUT2D eigenvalue weighted by Gasteiger charge is -2.06. The molecule has 0 bridgehead atoms. The van der Waals surface area contributed by atoms with Crippen LogP contribution in [0.15, 0.2) is 54.6 Å². The zero-order chi connectivity index (χ0) is 14.4. The van der Waals surface area contributed by atoms with Crippen LogP contribution in [0.4, 0.5) is 5.69 Å². The molecule has 2 aromatic rings. The molecular weight excluding hydrogens is 252 g/mol. The summed E-state index contributed by atoms with van der Waals surface area (Å²) in [4.78, 5) is 22.8. The maximum absolute atomic E-state index is 12.0. The fourth-order valence-corrected chi connectivity index (χ4v) is 1.73. The third-order valence-electron chi connectivity index (χ3n) is 2.79. The molecule has 0 saturated carbocycles. The van der Waals surface area contributed by atoms with Crippen molar-refractivity contribution < 1.29 is 9.59 Å². The highest BCUT2D eigenvalue weighted by molar-refractivity contribution is 6.04. The van der Waals surface area contributed by atoms with Gasteiger partial charge >= 0.3 is 0 Å². The Bertz CT molecular complexity index is 592. The molecule has 0 aliphatic carbocycles. The van der Waals surface area contributed by atoms with Gasteiger partial charge in [-0.2, -0.15) is 0 Å². The van der Waals surface area contributed by atoms with E-state index < -0.39 is 0 Å². The van der Waals surface area contributed by atoms with Crippen LogP contribution in [0, 0.1) is 0 Å². The highest BCUT2D eigenvalue weighted by Crippen LogP contribution is 2.09. The highest BCUT2D eigenvalue weighted by Gasteiger charge is 2.05. The van der Waals surface area contributed by atoms with Crippen LogP contribution in [0.3, 0.4) is 0 Å². The largest absolute Gasteiger partial charge is 0.352 e. The fraction of sp³-hybridized carbons (Fsp3) is 0.125. The van der Waals surface area contributed by atoms with Crippen LogP contribution in [0.5, 0.6) is 0 Å². The predicted molar refractivity (Wildman–Crippen MR) is 78.4 cm³/mol. The van der Waals surface area contributed by atoms with Crippen molar-refractivity contribution in [3.8, 4) is 0 Å². The molecule has 4 heteroatoms. The van der Waals surface area contributed by atoms with E-state index in [1.165, 1.54) is 6.92 Å². The molecule has 0 radical (unpaired) electrons. The van der Waals surface area contributed by atoms with Crippen molar-refractivity contribution in [2.75, 3.05) is 5.32 Å². The van der Waals surface area contributed by atoms with Crippen LogP contribution in [-0.4, -0.2) is 11.8 Å². The molecule has 2 rings (SSSR count). The predicted octanol–water partition coefficient (Wildman–Crippen LogP) is 2.58. The lowest BCUT2D eigenvalue weighted by Crippen LogP contribution is -2.19. The lowest BCUT2D eigenvalue weighted by atomic mass is 10.1. The van der Waals surface area contributed by atoms with Crippen LogP contribution in [-0.2, 0) is 11.3 Å². The van der Waals surface area contributed by atoms with Crippen molar-refractivity contribution in [1.82, 2.24) is 5.32 Å². The normalized spacial score (nSPS) is 9.85. The van der Waals surface area contributed by atoms with E-state index in [1.54, 1.807) is 12.1 Å². The topological polar surface area (TPSA) is 58.2 Å². The summed E-state index contributed by atoms with van der Waals surface area (Å²) >= 11 is 0. The fourth-order valence-electron chi connectivity index (χ4n) is 1.73. The van der Waals surface area contributed by atoms with Crippen LogP contribution in [0.1, 0.15) is 22.8 Å². The first kappa shape index (κ1) is 13.8. The average molecular weight is 268 g/mol. The van der Waals surface area contributed by atoms with E-state index in [4.69, 9.17) is 0 Å². The maximum Gasteiger partial charge on any atom is 0.255 e. The molecule has 0 unspecified atom stereocenters. The first-order chi connectivity index (χ1) is 9.65. The van der Waals surface area contributed by atoms with Crippen molar-refractivity contribution in [2.45, 2.75) is 13.5 Å². The Morgan fingerprint density at radius 3 is 2.20 bits per heavy atom. The van der Waals surface area contributed by atoms with Crippen LogP contribution < -0.4 is 10.6 Å². The number of nitrogens with one attached hydrogen (secondary N) is 2. The molecular formula is C16H16N2O2. The first-order valence-electron chi connectivity index (χ1n) is 6.35. The molecule has 0 aliphatic heterocycles. The molecule has 2 amide bonds. The molecule has 0 atom stereocenters. The number of rotatable bonds is 4. The molecule has 0 fully saturated rings. The quantitative estimate of drug-likeness (QED) is 0.895. The van der Waals surface area contributed by atoms with Gasteiger partial charge in [-0.25, -0.2) is 0 Å². The smallest absolute Gasteiger partial charge is 0.255 e. The Kier molecular flexibility index (Phi) is 4.50. The van der Waals surface area contributed by atoms with Gasteiger partial charge in [0.15, 0.2) is 0 Å². The number of para-hydroxylation sites is 1. The zero-order valence-electron chi connectivity index (χ0n) is 11.2. The van der Waals surface area contributed by atoms with Crippen molar-refractivity contribution >= 4 is 17.5 Å². The molecule has 0 aromatic heterocycles. The highest BCUT2D eigenvalue weighted by atomic mass is 16.2. The number of carbonyl (C=O) groups excluding carboxylic acids is 2. The van der Waals surface area contributed by atoms with E-state index in [0.717, 1.165) is 11.3 Å². The number of anilines is 1. The molecule has 0 heterocycles. The Morgan fingerprint density at radius 2 is 1.60 bits per heavy atom. The van der Waals surface area contributed by atoms with Crippen molar-refractivity contribution in [1.29, 1.82) is 0 Å². The molecule has 2 N–H and O–H groups in total. The van der Waals surface area contributed by atoms with Gasteiger partial charge in [-0.1, -0.05) is 30.3 Å². The van der Waals surface area contributed by atoms with E-state index in [1.807, 2.05) is 42.5 Å². The number of hydrogen-bond acceptors (Lipinski definition) is 2. The minimum Gasteiger partial charge on any atom is -0.352 e. The van der Waals surface area contributed by atoms with Gasteiger partial charge in [0.25, 0.3) is 5.91 Å². The number of hydrogen-bond donors (Lipinski definition) is 2. The van der Waals surface area contributed by atoms with E-state index >= 15 is 0 Å². The Labute approximate surface area is 117 Å². The minimum absolute atomic E-state index is 0.0732. The molecule has 4 nitrogen and oxygen atoms in total. The van der Waals surface area contributed by atoms with Crippen LogP contribution in [0.25, 0.3) is 0 Å². The summed E-state index contributed by atoms with van der Waals surface area (Å²) in [5, 5.41) is 5.53. The average Bonchev–Trinajstić information content (AvgIpc) is 2.46. The van der Waals surface area contributed by atoms with Gasteiger partial charge in [-0.3, -0.25) is 9.59 Å². The van der Waals surface area contributed by atoms with E-state index in [0.29, 0.717) is 12.1 Å². The number of benzene rings is 2. The summed E-state index contributed by atoms with van der Waals surface area (Å²) < 4.78 is 0. The molecule has 102 valence electrons.